The van der Waals surface area contributed by atoms with Crippen LogP contribution in [0, 0.1) is 0 Å². The van der Waals surface area contributed by atoms with E-state index in [1.807, 2.05) is 42.5 Å². The summed E-state index contributed by atoms with van der Waals surface area (Å²) < 4.78 is 30.2. The minimum Gasteiger partial charge on any atom is -0.461 e. The predicted molar refractivity (Wildman–Crippen MR) is 95.5 cm³/mol. The molecule has 0 spiro atoms. The van der Waals surface area contributed by atoms with Gasteiger partial charge in [-0.3, -0.25) is 4.79 Å². The molecular formula is C18H22N2O4S. The van der Waals surface area contributed by atoms with Crippen LogP contribution in [0.3, 0.4) is 0 Å². The third-order valence-corrected chi connectivity index (χ3v) is 5.67. The summed E-state index contributed by atoms with van der Waals surface area (Å²) >= 11 is 0. The lowest BCUT2D eigenvalue weighted by molar-refractivity contribution is -0.132. The van der Waals surface area contributed by atoms with Gasteiger partial charge in [-0.1, -0.05) is 30.3 Å². The Bertz CT molecular complexity index is 822. The van der Waals surface area contributed by atoms with E-state index in [2.05, 4.69) is 0 Å². The third kappa shape index (κ3) is 4.49. The Kier molecular flexibility index (Phi) is 5.24. The van der Waals surface area contributed by atoms with Crippen molar-refractivity contribution in [3.05, 3.63) is 48.2 Å². The second-order valence-electron chi connectivity index (χ2n) is 6.17. The molecular weight excluding hydrogens is 340 g/mol. The molecule has 0 bridgehead atoms. The summed E-state index contributed by atoms with van der Waals surface area (Å²) in [6, 6.07) is 13.6. The van der Waals surface area contributed by atoms with Crippen molar-refractivity contribution >= 4 is 15.9 Å². The van der Waals surface area contributed by atoms with Crippen LogP contribution >= 0.6 is 0 Å². The number of benzene rings is 1. The van der Waals surface area contributed by atoms with Gasteiger partial charge in [-0.15, -0.1) is 0 Å². The molecule has 0 aliphatic carbocycles. The first-order valence-electron chi connectivity index (χ1n) is 8.30. The Morgan fingerprint density at radius 3 is 2.36 bits per heavy atom. The van der Waals surface area contributed by atoms with Gasteiger partial charge < -0.3 is 9.32 Å². The molecule has 1 aliphatic rings. The maximum atomic E-state index is 12.3. The maximum Gasteiger partial charge on any atom is 0.223 e. The number of carbonyl (C=O) groups is 1. The molecule has 1 fully saturated rings. The van der Waals surface area contributed by atoms with Crippen molar-refractivity contribution in [2.45, 2.75) is 12.8 Å². The number of aryl methyl sites for hydroxylation is 1. The molecule has 1 aromatic carbocycles. The summed E-state index contributed by atoms with van der Waals surface area (Å²) in [7, 11) is -3.17. The lowest BCUT2D eigenvalue weighted by atomic mass is 10.2. The van der Waals surface area contributed by atoms with E-state index in [1.165, 1.54) is 10.6 Å². The minimum atomic E-state index is -3.17. The van der Waals surface area contributed by atoms with E-state index in [9.17, 15) is 13.2 Å². The summed E-state index contributed by atoms with van der Waals surface area (Å²) in [5, 5.41) is 0. The lowest BCUT2D eigenvalue weighted by Gasteiger charge is -2.33. The van der Waals surface area contributed by atoms with E-state index in [1.54, 1.807) is 4.90 Å². The van der Waals surface area contributed by atoms with Crippen molar-refractivity contribution in [3.8, 4) is 11.3 Å². The fourth-order valence-corrected chi connectivity index (χ4v) is 3.75. The second-order valence-corrected chi connectivity index (χ2v) is 8.16. The number of rotatable bonds is 5. The van der Waals surface area contributed by atoms with Crippen LogP contribution in [0.4, 0.5) is 0 Å². The van der Waals surface area contributed by atoms with Gasteiger partial charge in [0, 0.05) is 44.6 Å². The van der Waals surface area contributed by atoms with Crippen molar-refractivity contribution in [1.82, 2.24) is 9.21 Å². The molecule has 2 aromatic rings. The third-order valence-electron chi connectivity index (χ3n) is 4.37. The van der Waals surface area contributed by atoms with Gasteiger partial charge in [-0.05, 0) is 12.1 Å². The van der Waals surface area contributed by atoms with Gasteiger partial charge >= 0.3 is 0 Å². The summed E-state index contributed by atoms with van der Waals surface area (Å²) in [5.74, 6) is 1.61. The van der Waals surface area contributed by atoms with Gasteiger partial charge in [-0.2, -0.15) is 4.31 Å². The molecule has 25 heavy (non-hydrogen) atoms. The molecule has 6 nitrogen and oxygen atoms in total. The Balaban J connectivity index is 1.51. The molecule has 1 saturated heterocycles. The highest BCUT2D eigenvalue weighted by Crippen LogP contribution is 2.22. The van der Waals surface area contributed by atoms with Crippen LogP contribution in [0.15, 0.2) is 46.9 Å². The van der Waals surface area contributed by atoms with Crippen LogP contribution in [0.2, 0.25) is 0 Å². The van der Waals surface area contributed by atoms with E-state index in [0.717, 1.165) is 17.1 Å². The van der Waals surface area contributed by atoms with Crippen LogP contribution in [-0.2, 0) is 21.2 Å². The van der Waals surface area contributed by atoms with E-state index in [-0.39, 0.29) is 5.91 Å². The summed E-state index contributed by atoms with van der Waals surface area (Å²) in [6.45, 7) is 1.62. The van der Waals surface area contributed by atoms with Crippen molar-refractivity contribution in [2.24, 2.45) is 0 Å². The minimum absolute atomic E-state index is 0.0332. The smallest absolute Gasteiger partial charge is 0.223 e. The molecule has 1 amide bonds. The zero-order chi connectivity index (χ0) is 17.9. The zero-order valence-electron chi connectivity index (χ0n) is 14.2. The van der Waals surface area contributed by atoms with E-state index >= 15 is 0 Å². The standard InChI is InChI=1S/C18H22N2O4S/c1-25(22,23)20-13-11-19(12-14-20)18(21)10-8-16-7-9-17(24-16)15-5-3-2-4-6-15/h2-7,9H,8,10-14H2,1H3. The average Bonchev–Trinajstić information content (AvgIpc) is 3.09. The molecule has 0 N–H and O–H groups in total. The van der Waals surface area contributed by atoms with Gasteiger partial charge in [0.1, 0.15) is 11.5 Å². The summed E-state index contributed by atoms with van der Waals surface area (Å²) in [6.07, 6.45) is 2.10. The van der Waals surface area contributed by atoms with Gasteiger partial charge in [0.25, 0.3) is 0 Å². The number of hydrogen-bond acceptors (Lipinski definition) is 4. The van der Waals surface area contributed by atoms with Gasteiger partial charge in [0.2, 0.25) is 15.9 Å². The summed E-state index contributed by atoms with van der Waals surface area (Å²) in [5.41, 5.74) is 1.01. The Hall–Kier alpha value is -2.12. The first-order valence-corrected chi connectivity index (χ1v) is 10.2. The van der Waals surface area contributed by atoms with Gasteiger partial charge in [0.15, 0.2) is 0 Å². The topological polar surface area (TPSA) is 70.8 Å². The Morgan fingerprint density at radius 1 is 1.04 bits per heavy atom. The number of nitrogens with zero attached hydrogens (tertiary/aromatic N) is 2. The maximum absolute atomic E-state index is 12.3. The SMILES string of the molecule is CS(=O)(=O)N1CCN(C(=O)CCc2ccc(-c3ccccc3)o2)CC1. The monoisotopic (exact) mass is 362 g/mol. The summed E-state index contributed by atoms with van der Waals surface area (Å²) in [4.78, 5) is 14.0. The highest BCUT2D eigenvalue weighted by Gasteiger charge is 2.25. The molecule has 0 saturated carbocycles. The predicted octanol–water partition coefficient (Wildman–Crippen LogP) is 1.98. The van der Waals surface area contributed by atoms with Gasteiger partial charge in [-0.25, -0.2) is 8.42 Å². The van der Waals surface area contributed by atoms with Crippen molar-refractivity contribution in [2.75, 3.05) is 32.4 Å². The number of hydrogen-bond donors (Lipinski definition) is 0. The molecule has 3 rings (SSSR count). The number of amides is 1. The second kappa shape index (κ2) is 7.41. The first-order chi connectivity index (χ1) is 11.9. The number of furan rings is 1. The fourth-order valence-electron chi connectivity index (χ4n) is 2.93. The quantitative estimate of drug-likeness (QED) is 0.815. The van der Waals surface area contributed by atoms with Crippen LogP contribution < -0.4 is 0 Å². The first kappa shape index (κ1) is 17.7. The highest BCUT2D eigenvalue weighted by molar-refractivity contribution is 7.88. The molecule has 0 atom stereocenters. The largest absolute Gasteiger partial charge is 0.461 e. The molecule has 134 valence electrons. The van der Waals surface area contributed by atoms with E-state index in [0.29, 0.717) is 39.0 Å². The van der Waals surface area contributed by atoms with Gasteiger partial charge in [0.05, 0.1) is 6.26 Å². The number of carbonyl (C=O) groups excluding carboxylic acids is 1. The number of piperazine rings is 1. The van der Waals surface area contributed by atoms with Crippen molar-refractivity contribution < 1.29 is 17.6 Å². The molecule has 1 aromatic heterocycles. The molecule has 0 radical (unpaired) electrons. The lowest BCUT2D eigenvalue weighted by Crippen LogP contribution is -2.50. The fraction of sp³-hybridized carbons (Fsp3) is 0.389. The molecule has 1 aliphatic heterocycles. The van der Waals surface area contributed by atoms with Crippen LogP contribution in [0.5, 0.6) is 0 Å². The molecule has 0 unspecified atom stereocenters. The molecule has 2 heterocycles. The van der Waals surface area contributed by atoms with Crippen molar-refractivity contribution in [1.29, 1.82) is 0 Å². The van der Waals surface area contributed by atoms with Crippen LogP contribution in [-0.4, -0.2) is 56.0 Å². The highest BCUT2D eigenvalue weighted by atomic mass is 32.2. The molecule has 7 heteroatoms. The zero-order valence-corrected chi connectivity index (χ0v) is 15.0. The average molecular weight is 362 g/mol. The van der Waals surface area contributed by atoms with E-state index in [4.69, 9.17) is 4.42 Å². The van der Waals surface area contributed by atoms with E-state index < -0.39 is 10.0 Å². The van der Waals surface area contributed by atoms with Crippen molar-refractivity contribution in [3.63, 3.8) is 0 Å². The normalized spacial score (nSPS) is 16.1. The number of sulfonamides is 1. The van der Waals surface area contributed by atoms with Crippen LogP contribution in [0.1, 0.15) is 12.2 Å². The Morgan fingerprint density at radius 2 is 1.72 bits per heavy atom. The Labute approximate surface area is 148 Å². The van der Waals surface area contributed by atoms with Crippen LogP contribution in [0.25, 0.3) is 11.3 Å².